The van der Waals surface area contributed by atoms with E-state index in [1.54, 1.807) is 18.2 Å². The average molecular weight is 332 g/mol. The van der Waals surface area contributed by atoms with E-state index in [-0.39, 0.29) is 0 Å². The molecule has 0 saturated carbocycles. The molecule has 0 spiro atoms. The third kappa shape index (κ3) is 6.58. The van der Waals surface area contributed by atoms with Gasteiger partial charge < -0.3 is 0 Å². The van der Waals surface area contributed by atoms with Crippen molar-refractivity contribution in [2.75, 3.05) is 13.4 Å². The van der Waals surface area contributed by atoms with Crippen LogP contribution in [0.25, 0.3) is 0 Å². The van der Waals surface area contributed by atoms with Crippen LogP contribution in [-0.4, -0.2) is 31.4 Å². The molecular formula is C9H11Cl2NO4S2. The van der Waals surface area contributed by atoms with Gasteiger partial charge in [-0.25, -0.2) is 0 Å². The summed E-state index contributed by atoms with van der Waals surface area (Å²) in [5.41, 5.74) is 0.619. The normalized spacial score (nSPS) is 10.5. The van der Waals surface area contributed by atoms with E-state index in [1.165, 1.54) is 11.8 Å². The first-order valence-electron chi connectivity index (χ1n) is 4.33. The lowest BCUT2D eigenvalue weighted by atomic mass is 10.2. The van der Waals surface area contributed by atoms with Gasteiger partial charge in [-0.3, -0.25) is 14.1 Å². The second-order valence-corrected chi connectivity index (χ2v) is 5.54. The van der Waals surface area contributed by atoms with Gasteiger partial charge in [-0.1, -0.05) is 29.3 Å². The molecular weight excluding hydrogens is 321 g/mol. The molecule has 0 aliphatic carbocycles. The van der Waals surface area contributed by atoms with Gasteiger partial charge in [-0.05, 0) is 18.4 Å². The van der Waals surface area contributed by atoms with Crippen molar-refractivity contribution >= 4 is 50.4 Å². The molecule has 0 saturated heterocycles. The minimum Gasteiger partial charge on any atom is -0.293 e. The van der Waals surface area contributed by atoms with Crippen LogP contribution in [0.3, 0.4) is 0 Å². The summed E-state index contributed by atoms with van der Waals surface area (Å²) in [4.78, 5) is 0. The van der Waals surface area contributed by atoms with Gasteiger partial charge in [0.15, 0.2) is 0 Å². The Balaban J connectivity index is 0.000000411. The Labute approximate surface area is 120 Å². The smallest absolute Gasteiger partial charge is 0.293 e. The first-order chi connectivity index (χ1) is 8.22. The third-order valence-electron chi connectivity index (χ3n) is 1.60. The number of hydrogen-bond acceptors (Lipinski definition) is 5. The second kappa shape index (κ2) is 7.98. The van der Waals surface area contributed by atoms with E-state index >= 15 is 0 Å². The minimum absolute atomic E-state index is 0.394. The summed E-state index contributed by atoms with van der Waals surface area (Å²) in [7, 11) is -3.29. The maximum atomic E-state index is 9.33. The van der Waals surface area contributed by atoms with Crippen LogP contribution in [0, 0.1) is 5.41 Å². The molecule has 0 aliphatic heterocycles. The second-order valence-electron chi connectivity index (χ2n) is 2.72. The Morgan fingerprint density at radius 2 is 1.78 bits per heavy atom. The maximum Gasteiger partial charge on any atom is 0.397 e. The van der Waals surface area contributed by atoms with Gasteiger partial charge >= 0.3 is 10.4 Å². The van der Waals surface area contributed by atoms with Gasteiger partial charge in [0.05, 0.1) is 22.2 Å². The Bertz CT molecular complexity index is 499. The third-order valence-corrected chi connectivity index (χ3v) is 3.27. The summed E-state index contributed by atoms with van der Waals surface area (Å²) in [5.74, 6) is 0. The molecule has 1 rings (SSSR count). The summed E-state index contributed by atoms with van der Waals surface area (Å²) < 4.78 is 29.7. The van der Waals surface area contributed by atoms with Gasteiger partial charge in [0.25, 0.3) is 0 Å². The van der Waals surface area contributed by atoms with Gasteiger partial charge in [-0.15, -0.1) is 11.8 Å². The molecule has 2 N–H and O–H groups in total. The van der Waals surface area contributed by atoms with Crippen molar-refractivity contribution in [3.63, 3.8) is 0 Å². The molecule has 0 atom stereocenters. The summed E-state index contributed by atoms with van der Waals surface area (Å²) >= 11 is 13.0. The lowest BCUT2D eigenvalue weighted by Crippen LogP contribution is -1.96. The van der Waals surface area contributed by atoms with E-state index in [2.05, 4.69) is 4.18 Å². The van der Waals surface area contributed by atoms with Crippen LogP contribution in [0.1, 0.15) is 5.56 Å². The Kier molecular flexibility index (Phi) is 7.84. The van der Waals surface area contributed by atoms with Crippen molar-refractivity contribution in [1.29, 1.82) is 5.41 Å². The SMILES string of the molecule is COS(=O)(=O)O.CSC(=N)c1c(Cl)cccc1Cl. The number of hydrogen-bond donors (Lipinski definition) is 2. The Hall–Kier alpha value is -0.310. The molecule has 102 valence electrons. The molecule has 0 aliphatic rings. The zero-order chi connectivity index (χ0) is 14.3. The fourth-order valence-corrected chi connectivity index (χ4v) is 1.94. The molecule has 0 unspecified atom stereocenters. The van der Waals surface area contributed by atoms with E-state index in [9.17, 15) is 8.42 Å². The van der Waals surface area contributed by atoms with Crippen LogP contribution < -0.4 is 0 Å². The topological polar surface area (TPSA) is 87.5 Å². The zero-order valence-corrected chi connectivity index (χ0v) is 12.6. The number of halogens is 2. The van der Waals surface area contributed by atoms with Gasteiger partial charge in [-0.2, -0.15) is 8.42 Å². The predicted molar refractivity (Wildman–Crippen MR) is 75.4 cm³/mol. The lowest BCUT2D eigenvalue weighted by Gasteiger charge is -2.04. The van der Waals surface area contributed by atoms with Gasteiger partial charge in [0, 0.05) is 5.56 Å². The van der Waals surface area contributed by atoms with Crippen molar-refractivity contribution in [3.05, 3.63) is 33.8 Å². The monoisotopic (exact) mass is 331 g/mol. The van der Waals surface area contributed by atoms with Crippen molar-refractivity contribution in [3.8, 4) is 0 Å². The van der Waals surface area contributed by atoms with E-state index in [0.717, 1.165) is 7.11 Å². The van der Waals surface area contributed by atoms with Crippen LogP contribution >= 0.6 is 35.0 Å². The van der Waals surface area contributed by atoms with Crippen molar-refractivity contribution < 1.29 is 17.2 Å². The number of benzene rings is 1. The fourth-order valence-electron chi connectivity index (χ4n) is 0.817. The predicted octanol–water partition coefficient (Wildman–Crippen LogP) is 3.12. The first-order valence-corrected chi connectivity index (χ1v) is 7.67. The Morgan fingerprint density at radius 1 is 1.39 bits per heavy atom. The molecule has 18 heavy (non-hydrogen) atoms. The average Bonchev–Trinajstić information content (AvgIpc) is 2.28. The van der Waals surface area contributed by atoms with Crippen LogP contribution in [0.15, 0.2) is 18.2 Å². The van der Waals surface area contributed by atoms with Crippen molar-refractivity contribution in [2.45, 2.75) is 0 Å². The molecule has 9 heteroatoms. The summed E-state index contributed by atoms with van der Waals surface area (Å²) in [6, 6.07) is 5.23. The molecule has 0 fully saturated rings. The van der Waals surface area contributed by atoms with Crippen LogP contribution in [0.5, 0.6) is 0 Å². The summed E-state index contributed by atoms with van der Waals surface area (Å²) in [5, 5.41) is 9.01. The van der Waals surface area contributed by atoms with Crippen LogP contribution in [0.2, 0.25) is 10.0 Å². The van der Waals surface area contributed by atoms with Gasteiger partial charge in [0.2, 0.25) is 0 Å². The van der Waals surface area contributed by atoms with Crippen molar-refractivity contribution in [2.24, 2.45) is 0 Å². The maximum absolute atomic E-state index is 9.33. The van der Waals surface area contributed by atoms with Crippen LogP contribution in [0.4, 0.5) is 0 Å². The Morgan fingerprint density at radius 3 is 2.06 bits per heavy atom. The molecule has 0 amide bonds. The molecule has 0 aromatic heterocycles. The van der Waals surface area contributed by atoms with E-state index in [1.807, 2.05) is 6.26 Å². The quantitative estimate of drug-likeness (QED) is 0.494. The standard InChI is InChI=1S/C8H7Cl2NS.CH4O4S/c1-12-8(11)7-5(9)3-2-4-6(7)10;1-5-6(2,3)4/h2-4,11H,1H3;1H3,(H,2,3,4). The molecule has 0 bridgehead atoms. The minimum atomic E-state index is -4.16. The lowest BCUT2D eigenvalue weighted by molar-refractivity contribution is 0.324. The summed E-state index contributed by atoms with van der Waals surface area (Å²) in [6.07, 6.45) is 1.82. The molecule has 0 radical (unpaired) electrons. The fraction of sp³-hybridized carbons (Fsp3) is 0.222. The number of rotatable bonds is 2. The molecule has 1 aromatic rings. The summed E-state index contributed by atoms with van der Waals surface area (Å²) in [6.45, 7) is 0. The number of nitrogens with one attached hydrogen (secondary N) is 1. The highest BCUT2D eigenvalue weighted by molar-refractivity contribution is 8.13. The number of thioether (sulfide) groups is 1. The highest BCUT2D eigenvalue weighted by Crippen LogP contribution is 2.27. The zero-order valence-electron chi connectivity index (χ0n) is 9.48. The van der Waals surface area contributed by atoms with Crippen molar-refractivity contribution in [1.82, 2.24) is 0 Å². The first kappa shape index (κ1) is 17.7. The van der Waals surface area contributed by atoms with E-state index in [0.29, 0.717) is 20.7 Å². The van der Waals surface area contributed by atoms with E-state index in [4.69, 9.17) is 33.2 Å². The van der Waals surface area contributed by atoms with Gasteiger partial charge in [0.1, 0.15) is 0 Å². The molecule has 1 aromatic carbocycles. The highest BCUT2D eigenvalue weighted by Gasteiger charge is 2.09. The highest BCUT2D eigenvalue weighted by atomic mass is 35.5. The molecule has 5 nitrogen and oxygen atoms in total. The molecule has 0 heterocycles. The van der Waals surface area contributed by atoms with Crippen LogP contribution in [-0.2, 0) is 14.6 Å². The van der Waals surface area contributed by atoms with E-state index < -0.39 is 10.4 Å². The largest absolute Gasteiger partial charge is 0.397 e.